The van der Waals surface area contributed by atoms with Gasteiger partial charge >= 0.3 is 0 Å². The lowest BCUT2D eigenvalue weighted by Crippen LogP contribution is -2.33. The molecular formula is C13H16N2O3. The zero-order chi connectivity index (χ0) is 13.1. The predicted octanol–water partition coefficient (Wildman–Crippen LogP) is 1.99. The second-order valence-electron chi connectivity index (χ2n) is 4.68. The van der Waals surface area contributed by atoms with Crippen LogP contribution in [0.2, 0.25) is 0 Å². The highest BCUT2D eigenvalue weighted by Crippen LogP contribution is 2.25. The van der Waals surface area contributed by atoms with Gasteiger partial charge < -0.3 is 15.3 Å². The predicted molar refractivity (Wildman–Crippen MR) is 68.4 cm³/mol. The van der Waals surface area contributed by atoms with Gasteiger partial charge in [0.2, 0.25) is 0 Å². The van der Waals surface area contributed by atoms with Crippen LogP contribution >= 0.6 is 0 Å². The Labute approximate surface area is 105 Å². The van der Waals surface area contributed by atoms with E-state index in [2.05, 4.69) is 35.8 Å². The van der Waals surface area contributed by atoms with E-state index in [9.17, 15) is 0 Å². The second-order valence-corrected chi connectivity index (χ2v) is 4.68. The molecule has 0 saturated carbocycles. The molecule has 0 fully saturated rings. The highest BCUT2D eigenvalue weighted by atomic mass is 16.9. The fourth-order valence-electron chi connectivity index (χ4n) is 2.88. The molecule has 2 heterocycles. The van der Waals surface area contributed by atoms with E-state index in [4.69, 9.17) is 15.3 Å². The SMILES string of the molecule is CC1Cc2ccccc2C2=[N+]1CCC2.O=[N+]([O-])[O-]. The van der Waals surface area contributed by atoms with Crippen molar-refractivity contribution in [2.24, 2.45) is 0 Å². The minimum Gasteiger partial charge on any atom is -0.356 e. The van der Waals surface area contributed by atoms with Crippen LogP contribution in [-0.2, 0) is 6.42 Å². The summed E-state index contributed by atoms with van der Waals surface area (Å²) in [6.45, 7) is 3.62. The third-order valence-electron chi connectivity index (χ3n) is 3.53. The summed E-state index contributed by atoms with van der Waals surface area (Å²) in [5, 5.41) is 14.8. The van der Waals surface area contributed by atoms with E-state index in [-0.39, 0.29) is 0 Å². The van der Waals surface area contributed by atoms with E-state index in [1.165, 1.54) is 31.4 Å². The molecule has 3 rings (SSSR count). The first-order valence-electron chi connectivity index (χ1n) is 6.12. The molecule has 18 heavy (non-hydrogen) atoms. The van der Waals surface area contributed by atoms with Crippen molar-refractivity contribution in [1.82, 2.24) is 0 Å². The van der Waals surface area contributed by atoms with E-state index in [0.717, 1.165) is 0 Å². The molecule has 1 unspecified atom stereocenters. The molecule has 96 valence electrons. The van der Waals surface area contributed by atoms with Gasteiger partial charge in [-0.1, -0.05) is 18.2 Å². The van der Waals surface area contributed by atoms with Crippen LogP contribution in [0.1, 0.15) is 30.9 Å². The summed E-state index contributed by atoms with van der Waals surface area (Å²) in [6.07, 6.45) is 3.84. The van der Waals surface area contributed by atoms with Crippen molar-refractivity contribution in [3.05, 3.63) is 50.7 Å². The summed E-state index contributed by atoms with van der Waals surface area (Å²) in [6, 6.07) is 9.61. The molecule has 0 amide bonds. The molecule has 0 aromatic heterocycles. The molecule has 0 radical (unpaired) electrons. The van der Waals surface area contributed by atoms with Crippen molar-refractivity contribution >= 4 is 5.71 Å². The smallest absolute Gasteiger partial charge is 0.184 e. The quantitative estimate of drug-likeness (QED) is 0.400. The minimum absolute atomic E-state index is 0.711. The van der Waals surface area contributed by atoms with Gasteiger partial charge in [0.15, 0.2) is 11.8 Å². The fourth-order valence-corrected chi connectivity index (χ4v) is 2.88. The average molecular weight is 248 g/mol. The first-order valence-corrected chi connectivity index (χ1v) is 6.12. The molecule has 0 saturated heterocycles. The largest absolute Gasteiger partial charge is 0.356 e. The van der Waals surface area contributed by atoms with Crippen LogP contribution in [0.5, 0.6) is 0 Å². The molecule has 0 spiro atoms. The number of nitrogens with zero attached hydrogens (tertiary/aromatic N) is 2. The number of hydrogen-bond acceptors (Lipinski definition) is 3. The van der Waals surface area contributed by atoms with Gasteiger partial charge in [-0.3, -0.25) is 0 Å². The Bertz CT molecular complexity index is 493. The summed E-state index contributed by atoms with van der Waals surface area (Å²) in [5.74, 6) is 0. The fraction of sp³-hybridized carbons (Fsp3) is 0.462. The summed E-state index contributed by atoms with van der Waals surface area (Å²) in [5.41, 5.74) is 4.66. The molecule has 1 aromatic rings. The lowest BCUT2D eigenvalue weighted by atomic mass is 9.93. The maximum absolute atomic E-state index is 8.25. The van der Waals surface area contributed by atoms with Crippen LogP contribution in [0, 0.1) is 15.3 Å². The van der Waals surface area contributed by atoms with Crippen LogP contribution in [-0.4, -0.2) is 28.0 Å². The van der Waals surface area contributed by atoms with Gasteiger partial charge in [0.1, 0.15) is 6.54 Å². The Morgan fingerprint density at radius 3 is 2.72 bits per heavy atom. The van der Waals surface area contributed by atoms with Crippen LogP contribution in [0.4, 0.5) is 0 Å². The van der Waals surface area contributed by atoms with Gasteiger partial charge in [-0.15, -0.1) is 0 Å². The van der Waals surface area contributed by atoms with Crippen LogP contribution in [0.3, 0.4) is 0 Å². The summed E-state index contributed by atoms with van der Waals surface area (Å²) in [4.78, 5) is 8.25. The Hall–Kier alpha value is -1.91. The van der Waals surface area contributed by atoms with Gasteiger partial charge in [-0.2, -0.15) is 0 Å². The molecule has 0 N–H and O–H groups in total. The third-order valence-corrected chi connectivity index (χ3v) is 3.53. The van der Waals surface area contributed by atoms with E-state index < -0.39 is 5.09 Å². The first kappa shape index (κ1) is 12.5. The van der Waals surface area contributed by atoms with E-state index in [1.807, 2.05) is 0 Å². The van der Waals surface area contributed by atoms with Gasteiger partial charge in [-0.25, -0.2) is 4.58 Å². The maximum atomic E-state index is 8.25. The van der Waals surface area contributed by atoms with Crippen LogP contribution in [0.25, 0.3) is 0 Å². The number of rotatable bonds is 0. The standard InChI is InChI=1S/C13H16N.NO3/c1-10-9-11-5-2-3-6-12(11)13-7-4-8-14(10)13;2-1(3)4/h2-3,5-6,10H,4,7-9H2,1H3;/q+1;-1. The van der Waals surface area contributed by atoms with Gasteiger partial charge in [0.25, 0.3) is 0 Å². The van der Waals surface area contributed by atoms with E-state index in [0.29, 0.717) is 6.04 Å². The lowest BCUT2D eigenvalue weighted by Gasteiger charge is -2.19. The zero-order valence-corrected chi connectivity index (χ0v) is 10.3. The first-order chi connectivity index (χ1) is 8.59. The monoisotopic (exact) mass is 248 g/mol. The van der Waals surface area contributed by atoms with Gasteiger partial charge in [-0.05, 0) is 18.6 Å². The number of benzene rings is 1. The van der Waals surface area contributed by atoms with Crippen molar-refractivity contribution in [2.45, 2.75) is 32.2 Å². The molecule has 2 aliphatic heterocycles. The molecule has 0 bridgehead atoms. The van der Waals surface area contributed by atoms with E-state index in [1.54, 1.807) is 11.3 Å². The normalized spacial score (nSPS) is 20.6. The van der Waals surface area contributed by atoms with Crippen molar-refractivity contribution in [3.63, 3.8) is 0 Å². The van der Waals surface area contributed by atoms with Crippen LogP contribution < -0.4 is 0 Å². The van der Waals surface area contributed by atoms with Crippen molar-refractivity contribution < 1.29 is 9.66 Å². The summed E-state index contributed by atoms with van der Waals surface area (Å²) in [7, 11) is 0. The molecule has 1 aromatic carbocycles. The Kier molecular flexibility index (Phi) is 3.60. The van der Waals surface area contributed by atoms with Gasteiger partial charge in [0, 0.05) is 24.8 Å². The Morgan fingerprint density at radius 1 is 1.33 bits per heavy atom. The number of hydrogen-bond donors (Lipinski definition) is 0. The molecular weight excluding hydrogens is 232 g/mol. The van der Waals surface area contributed by atoms with Crippen LogP contribution in [0.15, 0.2) is 24.3 Å². The average Bonchev–Trinajstić information content (AvgIpc) is 2.78. The maximum Gasteiger partial charge on any atom is 0.184 e. The Balaban J connectivity index is 0.000000267. The van der Waals surface area contributed by atoms with E-state index >= 15 is 0 Å². The lowest BCUT2D eigenvalue weighted by molar-refractivity contribution is -0.556. The highest BCUT2D eigenvalue weighted by molar-refractivity contribution is 5.99. The molecule has 0 aliphatic carbocycles. The van der Waals surface area contributed by atoms with Crippen molar-refractivity contribution in [1.29, 1.82) is 0 Å². The topological polar surface area (TPSA) is 69.2 Å². The number of fused-ring (bicyclic) bond motifs is 2. The highest BCUT2D eigenvalue weighted by Gasteiger charge is 2.33. The van der Waals surface area contributed by atoms with Crippen molar-refractivity contribution in [2.75, 3.05) is 6.54 Å². The zero-order valence-electron chi connectivity index (χ0n) is 10.3. The molecule has 1 atom stereocenters. The molecule has 2 aliphatic rings. The second kappa shape index (κ2) is 5.16. The minimum atomic E-state index is -1.75. The molecule has 5 heteroatoms. The Morgan fingerprint density at radius 2 is 2.00 bits per heavy atom. The third kappa shape index (κ3) is 2.50. The summed E-state index contributed by atoms with van der Waals surface area (Å²) >= 11 is 0. The summed E-state index contributed by atoms with van der Waals surface area (Å²) < 4.78 is 2.60. The van der Waals surface area contributed by atoms with Crippen molar-refractivity contribution in [3.8, 4) is 0 Å². The van der Waals surface area contributed by atoms with Gasteiger partial charge in [0.05, 0.1) is 5.09 Å². The molecule has 5 nitrogen and oxygen atoms in total.